The zero-order chi connectivity index (χ0) is 13.3. The van der Waals surface area contributed by atoms with Crippen molar-refractivity contribution in [3.8, 4) is 0 Å². The number of aromatic nitrogens is 2. The molecule has 0 amide bonds. The molecule has 7 nitrogen and oxygen atoms in total. The van der Waals surface area contributed by atoms with Gasteiger partial charge in [-0.3, -0.25) is 9.78 Å². The van der Waals surface area contributed by atoms with Gasteiger partial charge in [-0.05, 0) is 18.4 Å². The second-order valence-electron chi connectivity index (χ2n) is 3.95. The summed E-state index contributed by atoms with van der Waals surface area (Å²) in [4.78, 5) is 36.4. The summed E-state index contributed by atoms with van der Waals surface area (Å²) in [5, 5.41) is 9.30. The summed E-state index contributed by atoms with van der Waals surface area (Å²) in [6.07, 6.45) is 2.17. The minimum absolute atomic E-state index is 0.0300. The minimum atomic E-state index is -1.04. The zero-order valence-electron chi connectivity index (χ0n) is 9.73. The smallest absolute Gasteiger partial charge is 0.364 e. The first-order valence-electron chi connectivity index (χ1n) is 5.56. The molecule has 2 aromatic heterocycles. The molecular weight excluding hydrogens is 240 g/mol. The molecule has 0 spiro atoms. The van der Waals surface area contributed by atoms with Gasteiger partial charge < -0.3 is 9.62 Å². The zero-order valence-corrected chi connectivity index (χ0v) is 9.73. The summed E-state index contributed by atoms with van der Waals surface area (Å²) in [6.45, 7) is 1.97. The number of rotatable bonds is 3. The Hall–Kier alpha value is -2.31. The van der Waals surface area contributed by atoms with Crippen molar-refractivity contribution in [3.63, 3.8) is 0 Å². The predicted octanol–water partition coefficient (Wildman–Crippen LogP) is 0.223. The van der Waals surface area contributed by atoms with E-state index in [1.807, 2.05) is 6.92 Å². The van der Waals surface area contributed by atoms with Crippen molar-refractivity contribution in [1.29, 1.82) is 0 Å². The van der Waals surface area contributed by atoms with Gasteiger partial charge in [0, 0.05) is 6.07 Å². The van der Waals surface area contributed by atoms with Gasteiger partial charge in [0.1, 0.15) is 5.39 Å². The van der Waals surface area contributed by atoms with Gasteiger partial charge in [-0.15, -0.1) is 0 Å². The van der Waals surface area contributed by atoms with Crippen molar-refractivity contribution in [2.45, 2.75) is 26.2 Å². The van der Waals surface area contributed by atoms with Gasteiger partial charge in [0.25, 0.3) is 0 Å². The second kappa shape index (κ2) is 4.52. The first-order valence-corrected chi connectivity index (χ1v) is 5.56. The van der Waals surface area contributed by atoms with Gasteiger partial charge in [0.2, 0.25) is 5.71 Å². The van der Waals surface area contributed by atoms with E-state index >= 15 is 0 Å². The van der Waals surface area contributed by atoms with Gasteiger partial charge >= 0.3 is 16.9 Å². The number of nitrogens with one attached hydrogen (secondary N) is 1. The van der Waals surface area contributed by atoms with Crippen LogP contribution in [0.15, 0.2) is 24.9 Å². The highest BCUT2D eigenvalue weighted by Gasteiger charge is 2.13. The molecule has 0 saturated carbocycles. The van der Waals surface area contributed by atoms with Crippen molar-refractivity contribution in [1.82, 2.24) is 9.71 Å². The van der Waals surface area contributed by atoms with Crippen molar-refractivity contribution in [3.05, 3.63) is 42.9 Å². The van der Waals surface area contributed by atoms with Crippen LogP contribution >= 0.6 is 0 Å². The van der Waals surface area contributed by atoms with E-state index in [1.54, 1.807) is 0 Å². The Labute approximate surface area is 100 Å². The lowest BCUT2D eigenvalue weighted by Gasteiger charge is -2.04. The fourth-order valence-corrected chi connectivity index (χ4v) is 1.78. The van der Waals surface area contributed by atoms with Gasteiger partial charge in [-0.2, -0.15) is 0 Å². The van der Waals surface area contributed by atoms with Crippen molar-refractivity contribution in [2.75, 3.05) is 0 Å². The van der Waals surface area contributed by atoms with Crippen molar-refractivity contribution < 1.29 is 9.62 Å². The van der Waals surface area contributed by atoms with E-state index in [4.69, 9.17) is 4.42 Å². The van der Waals surface area contributed by atoms with E-state index in [9.17, 15) is 19.6 Å². The highest BCUT2D eigenvalue weighted by atomic mass is 16.5. The van der Waals surface area contributed by atoms with Crippen LogP contribution in [0.25, 0.3) is 11.1 Å². The molecule has 2 N–H and O–H groups in total. The number of aromatic amines is 1. The monoisotopic (exact) mass is 252 g/mol. The van der Waals surface area contributed by atoms with Crippen LogP contribution in [0.5, 0.6) is 0 Å². The molecule has 0 unspecified atom stereocenters. The summed E-state index contributed by atoms with van der Waals surface area (Å²) in [7, 11) is 0. The van der Waals surface area contributed by atoms with Crippen LogP contribution < -0.4 is 16.9 Å². The van der Waals surface area contributed by atoms with Gasteiger partial charge in [0.05, 0.1) is 0 Å². The number of nitrogens with zero attached hydrogens (tertiary/aromatic N) is 1. The SMILES string of the molecule is CCCCc1cc(=O)oc2[nH]c(=O)n(O)c(=O)c12. The first-order chi connectivity index (χ1) is 8.54. The standard InChI is InChI=1S/C11H12N2O5/c1-2-3-4-6-5-7(14)18-9-8(6)10(15)13(17)11(16)12-9/h5,17H,2-4H2,1H3,(H,12,16). The lowest BCUT2D eigenvalue weighted by molar-refractivity contribution is 0.162. The first kappa shape index (κ1) is 12.2. The number of hydrogen-bond acceptors (Lipinski definition) is 5. The molecule has 2 aromatic rings. The van der Waals surface area contributed by atoms with E-state index in [-0.39, 0.29) is 15.8 Å². The molecule has 0 aliphatic rings. The summed E-state index contributed by atoms with van der Waals surface area (Å²) < 4.78 is 4.73. The molecule has 0 saturated heterocycles. The van der Waals surface area contributed by atoms with E-state index in [0.29, 0.717) is 12.0 Å². The van der Waals surface area contributed by atoms with Crippen LogP contribution in [0.2, 0.25) is 0 Å². The van der Waals surface area contributed by atoms with E-state index in [2.05, 4.69) is 4.98 Å². The summed E-state index contributed by atoms with van der Waals surface area (Å²) in [6, 6.07) is 1.21. The molecule has 0 radical (unpaired) electrons. The van der Waals surface area contributed by atoms with Crippen LogP contribution in [0.1, 0.15) is 25.3 Å². The van der Waals surface area contributed by atoms with Gasteiger partial charge in [-0.1, -0.05) is 18.1 Å². The Kier molecular flexibility index (Phi) is 3.05. The summed E-state index contributed by atoms with van der Waals surface area (Å²) in [5.74, 6) is 0. The predicted molar refractivity (Wildman–Crippen MR) is 63.2 cm³/mol. The Balaban J connectivity index is 2.85. The van der Waals surface area contributed by atoms with Crippen LogP contribution in [-0.2, 0) is 6.42 Å². The lowest BCUT2D eigenvalue weighted by atomic mass is 10.1. The minimum Gasteiger partial charge on any atom is -0.421 e. The molecule has 0 aliphatic heterocycles. The molecule has 0 aliphatic carbocycles. The van der Waals surface area contributed by atoms with Crippen LogP contribution in [0, 0.1) is 0 Å². The number of unbranched alkanes of at least 4 members (excludes halogenated alkanes) is 1. The van der Waals surface area contributed by atoms with Gasteiger partial charge in [0.15, 0.2) is 0 Å². The number of aryl methyl sites for hydroxylation is 1. The largest absolute Gasteiger partial charge is 0.421 e. The van der Waals surface area contributed by atoms with Crippen LogP contribution in [0.4, 0.5) is 0 Å². The van der Waals surface area contributed by atoms with Crippen molar-refractivity contribution >= 4 is 11.1 Å². The molecule has 2 rings (SSSR count). The highest BCUT2D eigenvalue weighted by Crippen LogP contribution is 2.11. The Morgan fingerprint density at radius 1 is 1.39 bits per heavy atom. The maximum absolute atomic E-state index is 11.8. The molecule has 18 heavy (non-hydrogen) atoms. The van der Waals surface area contributed by atoms with Gasteiger partial charge in [-0.25, -0.2) is 9.59 Å². The molecule has 2 heterocycles. The molecule has 96 valence electrons. The second-order valence-corrected chi connectivity index (χ2v) is 3.95. The molecule has 7 heteroatoms. The van der Waals surface area contributed by atoms with Crippen LogP contribution in [-0.4, -0.2) is 14.9 Å². The maximum Gasteiger partial charge on any atom is 0.364 e. The Morgan fingerprint density at radius 2 is 2.11 bits per heavy atom. The van der Waals surface area contributed by atoms with Crippen molar-refractivity contribution in [2.24, 2.45) is 0 Å². The normalized spacial score (nSPS) is 10.9. The Bertz CT molecular complexity index is 753. The average Bonchev–Trinajstić information content (AvgIpc) is 2.32. The van der Waals surface area contributed by atoms with E-state index in [0.717, 1.165) is 12.8 Å². The summed E-state index contributed by atoms with van der Waals surface area (Å²) >= 11 is 0. The third-order valence-corrected chi connectivity index (χ3v) is 2.66. The van der Waals surface area contributed by atoms with E-state index in [1.165, 1.54) is 6.07 Å². The lowest BCUT2D eigenvalue weighted by Crippen LogP contribution is -2.34. The number of fused-ring (bicyclic) bond motifs is 1. The molecule has 0 bridgehead atoms. The number of hydrogen-bond donors (Lipinski definition) is 2. The van der Waals surface area contributed by atoms with Crippen LogP contribution in [0.3, 0.4) is 0 Å². The fourth-order valence-electron chi connectivity index (χ4n) is 1.78. The molecule has 0 atom stereocenters. The summed E-state index contributed by atoms with van der Waals surface area (Å²) in [5.41, 5.74) is -2.30. The fraction of sp³-hybridized carbons (Fsp3) is 0.364. The quantitative estimate of drug-likeness (QED) is 0.760. The highest BCUT2D eigenvalue weighted by molar-refractivity contribution is 5.75. The Morgan fingerprint density at radius 3 is 2.78 bits per heavy atom. The number of H-pyrrole nitrogens is 1. The molecule has 0 fully saturated rings. The maximum atomic E-state index is 11.8. The topological polar surface area (TPSA) is 105 Å². The molecule has 0 aromatic carbocycles. The van der Waals surface area contributed by atoms with E-state index < -0.39 is 16.9 Å². The third-order valence-electron chi connectivity index (χ3n) is 2.66. The third kappa shape index (κ3) is 1.94. The average molecular weight is 252 g/mol. The molecular formula is C11H12N2O5.